The molecule has 3 rings (SSSR count). The zero-order chi connectivity index (χ0) is 19.2. The summed E-state index contributed by atoms with van der Waals surface area (Å²) in [4.78, 5) is 37.3. The molecule has 0 bridgehead atoms. The number of carbonyl (C=O) groups is 3. The molecule has 2 N–H and O–H groups in total. The summed E-state index contributed by atoms with van der Waals surface area (Å²) in [7, 11) is 0. The number of hydrogen-bond acceptors (Lipinski definition) is 5. The number of thioether (sulfide) groups is 1. The molecule has 0 unspecified atom stereocenters. The normalized spacial score (nSPS) is 22.2. The van der Waals surface area contributed by atoms with Gasteiger partial charge in [-0.25, -0.2) is 4.79 Å². The fourth-order valence-electron chi connectivity index (χ4n) is 3.12. The molecule has 8 nitrogen and oxygen atoms in total. The summed E-state index contributed by atoms with van der Waals surface area (Å²) in [6.45, 7) is 5.91. The van der Waals surface area contributed by atoms with Gasteiger partial charge in [0.15, 0.2) is 0 Å². The standard InChI is InChI=1S/C16H19BrN4O4S/c1-7-6-26-15-12(14(23)21(15)13(7)16(24)25)18-10(22)4-5-20-9(3)11(17)8(2)19-20/h12,15H,4-6H2,1-3H3,(H,18,22)(H,24,25)/t12-,15-/m0/s1. The number of hydrogen-bond donors (Lipinski definition) is 2. The van der Waals surface area contributed by atoms with E-state index in [4.69, 9.17) is 0 Å². The maximum atomic E-state index is 12.3. The minimum Gasteiger partial charge on any atom is -0.477 e. The van der Waals surface area contributed by atoms with E-state index in [1.807, 2.05) is 13.8 Å². The molecule has 10 heteroatoms. The average Bonchev–Trinajstić information content (AvgIpc) is 2.84. The molecule has 1 fully saturated rings. The van der Waals surface area contributed by atoms with Crippen LogP contribution in [0.3, 0.4) is 0 Å². The van der Waals surface area contributed by atoms with Crippen LogP contribution in [0.1, 0.15) is 24.7 Å². The van der Waals surface area contributed by atoms with Crippen molar-refractivity contribution < 1.29 is 19.5 Å². The fourth-order valence-corrected chi connectivity index (χ4v) is 4.70. The van der Waals surface area contributed by atoms with Crippen molar-refractivity contribution in [2.45, 2.75) is 45.2 Å². The summed E-state index contributed by atoms with van der Waals surface area (Å²) in [5, 5.41) is 16.0. The van der Waals surface area contributed by atoms with Crippen molar-refractivity contribution in [3.63, 3.8) is 0 Å². The average molecular weight is 443 g/mol. The van der Waals surface area contributed by atoms with E-state index in [1.54, 1.807) is 11.6 Å². The predicted octanol–water partition coefficient (Wildman–Crippen LogP) is 1.41. The van der Waals surface area contributed by atoms with Gasteiger partial charge in [0.25, 0.3) is 5.91 Å². The number of nitrogens with one attached hydrogen (secondary N) is 1. The SMILES string of the molecule is CC1=C(C(=O)O)N2C(=O)[C@H](NC(=O)CCn3nc(C)c(Br)c3C)[C@@H]2SC1. The number of aromatic nitrogens is 2. The Morgan fingerprint density at radius 2 is 2.08 bits per heavy atom. The van der Waals surface area contributed by atoms with Gasteiger partial charge in [0.2, 0.25) is 5.91 Å². The van der Waals surface area contributed by atoms with Gasteiger partial charge < -0.3 is 10.4 Å². The van der Waals surface area contributed by atoms with E-state index in [2.05, 4.69) is 26.3 Å². The molecule has 0 aliphatic carbocycles. The van der Waals surface area contributed by atoms with E-state index < -0.39 is 12.0 Å². The second kappa shape index (κ2) is 7.07. The third-order valence-corrected chi connectivity index (χ3v) is 7.09. The van der Waals surface area contributed by atoms with Crippen molar-refractivity contribution in [3.05, 3.63) is 27.1 Å². The number of carboxylic acid groups (broad SMARTS) is 1. The molecule has 2 amide bonds. The molecule has 1 aromatic heterocycles. The Morgan fingerprint density at radius 1 is 1.38 bits per heavy atom. The molecule has 1 saturated heterocycles. The molecule has 2 aliphatic heterocycles. The first-order chi connectivity index (χ1) is 12.2. The fraction of sp³-hybridized carbons (Fsp3) is 0.500. The first-order valence-corrected chi connectivity index (χ1v) is 9.93. The zero-order valence-electron chi connectivity index (χ0n) is 14.6. The third-order valence-electron chi connectivity index (χ3n) is 4.52. The molecular formula is C16H19BrN4O4S. The summed E-state index contributed by atoms with van der Waals surface area (Å²) in [5.41, 5.74) is 2.49. The summed E-state index contributed by atoms with van der Waals surface area (Å²) in [6.07, 6.45) is 0.191. The topological polar surface area (TPSA) is 105 Å². The lowest BCUT2D eigenvalue weighted by Gasteiger charge is -2.49. The number of aliphatic carboxylic acids is 1. The van der Waals surface area contributed by atoms with Crippen LogP contribution in [-0.2, 0) is 20.9 Å². The third kappa shape index (κ3) is 3.16. The van der Waals surface area contributed by atoms with E-state index in [9.17, 15) is 19.5 Å². The van der Waals surface area contributed by atoms with Gasteiger partial charge >= 0.3 is 5.97 Å². The predicted molar refractivity (Wildman–Crippen MR) is 99.4 cm³/mol. The maximum absolute atomic E-state index is 12.3. The number of β-lactam (4-membered cyclic amide) rings is 1. The van der Waals surface area contributed by atoms with Crippen molar-refractivity contribution in [3.8, 4) is 0 Å². The number of halogens is 1. The van der Waals surface area contributed by atoms with Crippen LogP contribution in [0.4, 0.5) is 0 Å². The van der Waals surface area contributed by atoms with Crippen molar-refractivity contribution in [1.29, 1.82) is 0 Å². The van der Waals surface area contributed by atoms with Gasteiger partial charge in [-0.1, -0.05) is 0 Å². The van der Waals surface area contributed by atoms with Crippen LogP contribution in [0, 0.1) is 13.8 Å². The van der Waals surface area contributed by atoms with Crippen LogP contribution in [0.15, 0.2) is 15.7 Å². The Balaban J connectivity index is 1.60. The van der Waals surface area contributed by atoms with Gasteiger partial charge in [0.05, 0.1) is 16.7 Å². The molecule has 1 aromatic rings. The largest absolute Gasteiger partial charge is 0.477 e. The molecule has 0 aromatic carbocycles. The number of carboxylic acids is 1. The Morgan fingerprint density at radius 3 is 2.65 bits per heavy atom. The highest BCUT2D eigenvalue weighted by molar-refractivity contribution is 9.10. The van der Waals surface area contributed by atoms with Gasteiger partial charge in [-0.15, -0.1) is 11.8 Å². The maximum Gasteiger partial charge on any atom is 0.352 e. The molecule has 2 aliphatic rings. The van der Waals surface area contributed by atoms with Crippen LogP contribution >= 0.6 is 27.7 Å². The van der Waals surface area contributed by atoms with Crippen LogP contribution < -0.4 is 5.32 Å². The number of nitrogens with zero attached hydrogens (tertiary/aromatic N) is 3. The van der Waals surface area contributed by atoms with E-state index >= 15 is 0 Å². The second-order valence-corrected chi connectivity index (χ2v) is 8.25. The quantitative estimate of drug-likeness (QED) is 0.667. The first kappa shape index (κ1) is 19.0. The molecule has 3 heterocycles. The molecule has 0 spiro atoms. The number of rotatable bonds is 5. The van der Waals surface area contributed by atoms with Gasteiger partial charge in [0, 0.05) is 17.9 Å². The van der Waals surface area contributed by atoms with Crippen LogP contribution in [0.25, 0.3) is 0 Å². The summed E-state index contributed by atoms with van der Waals surface area (Å²) < 4.78 is 2.67. The Bertz CT molecular complexity index is 834. The summed E-state index contributed by atoms with van der Waals surface area (Å²) in [6, 6.07) is -0.679. The van der Waals surface area contributed by atoms with Crippen molar-refractivity contribution in [2.75, 3.05) is 5.75 Å². The number of aryl methyl sites for hydroxylation is 2. The second-order valence-electron chi connectivity index (χ2n) is 6.35. The highest BCUT2D eigenvalue weighted by Crippen LogP contribution is 2.40. The molecular weight excluding hydrogens is 424 g/mol. The van der Waals surface area contributed by atoms with Crippen molar-refractivity contribution in [1.82, 2.24) is 20.0 Å². The molecule has 0 radical (unpaired) electrons. The molecule has 140 valence electrons. The lowest BCUT2D eigenvalue weighted by molar-refractivity contribution is -0.150. The minimum absolute atomic E-state index is 0.0386. The van der Waals surface area contributed by atoms with Gasteiger partial charge in [-0.2, -0.15) is 5.10 Å². The Kier molecular flexibility index (Phi) is 5.16. The van der Waals surface area contributed by atoms with Crippen LogP contribution in [0.5, 0.6) is 0 Å². The molecule has 0 saturated carbocycles. The number of amides is 2. The van der Waals surface area contributed by atoms with Gasteiger partial charge in [0.1, 0.15) is 17.1 Å². The zero-order valence-corrected chi connectivity index (χ0v) is 17.0. The minimum atomic E-state index is -1.11. The van der Waals surface area contributed by atoms with E-state index in [1.165, 1.54) is 16.7 Å². The van der Waals surface area contributed by atoms with Crippen LogP contribution in [-0.4, -0.2) is 54.7 Å². The number of carbonyl (C=O) groups excluding carboxylic acids is 2. The molecule has 2 atom stereocenters. The summed E-state index contributed by atoms with van der Waals surface area (Å²) >= 11 is 4.91. The highest BCUT2D eigenvalue weighted by atomic mass is 79.9. The first-order valence-electron chi connectivity index (χ1n) is 8.09. The van der Waals surface area contributed by atoms with Crippen molar-refractivity contribution >= 4 is 45.5 Å². The van der Waals surface area contributed by atoms with Crippen molar-refractivity contribution in [2.24, 2.45) is 0 Å². The monoisotopic (exact) mass is 442 g/mol. The van der Waals surface area contributed by atoms with Crippen LogP contribution in [0.2, 0.25) is 0 Å². The molecule has 26 heavy (non-hydrogen) atoms. The van der Waals surface area contributed by atoms with Gasteiger partial charge in [-0.05, 0) is 42.3 Å². The van der Waals surface area contributed by atoms with E-state index in [0.717, 1.165) is 15.9 Å². The Hall–Kier alpha value is -1.81. The smallest absolute Gasteiger partial charge is 0.352 e. The number of fused-ring (bicyclic) bond motifs is 1. The summed E-state index contributed by atoms with van der Waals surface area (Å²) in [5.74, 6) is -1.21. The van der Waals surface area contributed by atoms with Gasteiger partial charge in [-0.3, -0.25) is 19.2 Å². The lowest BCUT2D eigenvalue weighted by Crippen LogP contribution is -2.70. The highest BCUT2D eigenvalue weighted by Gasteiger charge is 2.53. The van der Waals surface area contributed by atoms with E-state index in [0.29, 0.717) is 17.9 Å². The Labute approximate surface area is 163 Å². The lowest BCUT2D eigenvalue weighted by atomic mass is 10.0. The van der Waals surface area contributed by atoms with E-state index in [-0.39, 0.29) is 29.3 Å².